The molecule has 0 spiro atoms. The molecule has 0 saturated carbocycles. The lowest BCUT2D eigenvalue weighted by Crippen LogP contribution is -2.38. The molecule has 0 bridgehead atoms. The fourth-order valence-corrected chi connectivity index (χ4v) is 2.31. The number of oxazole rings is 1. The van der Waals surface area contributed by atoms with Crippen molar-refractivity contribution >= 4 is 29.9 Å². The Morgan fingerprint density at radius 1 is 1.22 bits per heavy atom. The van der Waals surface area contributed by atoms with Crippen LogP contribution in [0, 0.1) is 11.6 Å². The van der Waals surface area contributed by atoms with Crippen LogP contribution < -0.4 is 10.6 Å². The molecule has 8 heteroatoms. The molecule has 0 aliphatic rings. The summed E-state index contributed by atoms with van der Waals surface area (Å²) in [5.74, 6) is 0.283. The fourth-order valence-electron chi connectivity index (χ4n) is 2.31. The van der Waals surface area contributed by atoms with Crippen molar-refractivity contribution in [2.75, 3.05) is 13.6 Å². The predicted molar refractivity (Wildman–Crippen MR) is 114 cm³/mol. The molecule has 150 valence electrons. The Balaban J connectivity index is 0.00000364. The maximum atomic E-state index is 13.3. The first-order chi connectivity index (χ1) is 12.2. The average Bonchev–Trinajstić information content (AvgIpc) is 3.06. The molecule has 0 radical (unpaired) electrons. The normalized spacial score (nSPS) is 13.1. The van der Waals surface area contributed by atoms with Crippen molar-refractivity contribution in [3.05, 3.63) is 53.2 Å². The van der Waals surface area contributed by atoms with Crippen LogP contribution in [0.4, 0.5) is 8.78 Å². The quantitative estimate of drug-likeness (QED) is 0.371. The van der Waals surface area contributed by atoms with Gasteiger partial charge in [0.1, 0.15) is 5.76 Å². The second kappa shape index (κ2) is 10.0. The molecule has 0 aliphatic carbocycles. The second-order valence-corrected chi connectivity index (χ2v) is 7.25. The lowest BCUT2D eigenvalue weighted by Gasteiger charge is -2.16. The Labute approximate surface area is 176 Å². The number of hydrogen-bond acceptors (Lipinski definition) is 3. The van der Waals surface area contributed by atoms with Crippen LogP contribution in [-0.2, 0) is 12.0 Å². The lowest BCUT2D eigenvalue weighted by molar-refractivity contribution is 0.379. The molecule has 2 aromatic rings. The van der Waals surface area contributed by atoms with Gasteiger partial charge in [0.15, 0.2) is 17.6 Å². The molecule has 0 amide bonds. The summed E-state index contributed by atoms with van der Waals surface area (Å²) in [6, 6.07) is 3.95. The topological polar surface area (TPSA) is 62.5 Å². The van der Waals surface area contributed by atoms with E-state index in [-0.39, 0.29) is 35.3 Å². The van der Waals surface area contributed by atoms with E-state index in [1.807, 2.05) is 6.92 Å². The number of rotatable bonds is 5. The van der Waals surface area contributed by atoms with Crippen molar-refractivity contribution in [1.29, 1.82) is 0 Å². The summed E-state index contributed by atoms with van der Waals surface area (Å²) < 4.78 is 32.1. The molecule has 1 aromatic carbocycles. The van der Waals surface area contributed by atoms with Crippen molar-refractivity contribution in [3.63, 3.8) is 0 Å². The van der Waals surface area contributed by atoms with E-state index in [1.165, 1.54) is 6.07 Å². The number of guanidine groups is 1. The highest BCUT2D eigenvalue weighted by Gasteiger charge is 2.19. The summed E-state index contributed by atoms with van der Waals surface area (Å²) in [6.45, 7) is 9.02. The Morgan fingerprint density at radius 3 is 2.48 bits per heavy atom. The molecule has 1 unspecified atom stereocenters. The van der Waals surface area contributed by atoms with E-state index in [2.05, 4.69) is 41.4 Å². The number of nitrogens with one attached hydrogen (secondary N) is 2. The van der Waals surface area contributed by atoms with E-state index in [1.54, 1.807) is 19.3 Å². The van der Waals surface area contributed by atoms with Crippen molar-refractivity contribution in [3.8, 4) is 0 Å². The van der Waals surface area contributed by atoms with Gasteiger partial charge < -0.3 is 15.1 Å². The van der Waals surface area contributed by atoms with Crippen LogP contribution in [0.15, 0.2) is 33.8 Å². The summed E-state index contributed by atoms with van der Waals surface area (Å²) >= 11 is 0. The summed E-state index contributed by atoms with van der Waals surface area (Å²) in [5, 5.41) is 6.29. The Hall–Kier alpha value is -1.71. The van der Waals surface area contributed by atoms with Crippen molar-refractivity contribution in [2.45, 2.75) is 45.6 Å². The average molecular weight is 492 g/mol. The first-order valence-corrected chi connectivity index (χ1v) is 8.55. The summed E-state index contributed by atoms with van der Waals surface area (Å²) in [7, 11) is 1.66. The van der Waals surface area contributed by atoms with Gasteiger partial charge in [-0.1, -0.05) is 33.8 Å². The highest BCUT2D eigenvalue weighted by atomic mass is 127. The number of aliphatic imine (C=N–C) groups is 1. The van der Waals surface area contributed by atoms with Crippen molar-refractivity contribution in [2.24, 2.45) is 4.99 Å². The minimum absolute atomic E-state index is 0. The molecule has 0 fully saturated rings. The summed E-state index contributed by atoms with van der Waals surface area (Å²) in [5.41, 5.74) is 0.625. The van der Waals surface area contributed by atoms with Gasteiger partial charge >= 0.3 is 0 Å². The summed E-state index contributed by atoms with van der Waals surface area (Å²) in [4.78, 5) is 8.41. The smallest absolute Gasteiger partial charge is 0.213 e. The first kappa shape index (κ1) is 23.3. The second-order valence-electron chi connectivity index (χ2n) is 7.25. The first-order valence-electron chi connectivity index (χ1n) is 8.55. The predicted octanol–water partition coefficient (Wildman–Crippen LogP) is 4.34. The SMILES string of the molecule is CN=C(NCc1ncc(C(C)(C)C)o1)NCC(C)c1ccc(F)c(F)c1.I. The van der Waals surface area contributed by atoms with E-state index in [4.69, 9.17) is 4.42 Å². The third-order valence-electron chi connectivity index (χ3n) is 4.01. The van der Waals surface area contributed by atoms with Crippen LogP contribution in [-0.4, -0.2) is 24.5 Å². The third kappa shape index (κ3) is 6.75. The zero-order chi connectivity index (χ0) is 19.3. The Bertz CT molecular complexity index is 771. The van der Waals surface area contributed by atoms with Gasteiger partial charge in [-0.05, 0) is 23.6 Å². The van der Waals surface area contributed by atoms with E-state index in [0.29, 0.717) is 24.9 Å². The van der Waals surface area contributed by atoms with Crippen LogP contribution in [0.2, 0.25) is 0 Å². The Morgan fingerprint density at radius 2 is 1.93 bits per heavy atom. The van der Waals surface area contributed by atoms with Crippen molar-refractivity contribution in [1.82, 2.24) is 15.6 Å². The monoisotopic (exact) mass is 492 g/mol. The minimum Gasteiger partial charge on any atom is -0.443 e. The molecule has 1 atom stereocenters. The van der Waals surface area contributed by atoms with Gasteiger partial charge in [0.05, 0.1) is 12.7 Å². The number of aromatic nitrogens is 1. The highest BCUT2D eigenvalue weighted by molar-refractivity contribution is 14.0. The minimum atomic E-state index is -0.841. The third-order valence-corrected chi connectivity index (χ3v) is 4.01. The van der Waals surface area contributed by atoms with Crippen LogP contribution in [0.3, 0.4) is 0 Å². The molecule has 27 heavy (non-hydrogen) atoms. The number of halogens is 3. The molecular weight excluding hydrogens is 465 g/mol. The zero-order valence-corrected chi connectivity index (χ0v) is 18.6. The maximum absolute atomic E-state index is 13.3. The largest absolute Gasteiger partial charge is 0.443 e. The molecule has 1 aromatic heterocycles. The molecular formula is C19H27F2IN4O. The number of benzene rings is 1. The number of hydrogen-bond donors (Lipinski definition) is 2. The van der Waals surface area contributed by atoms with E-state index in [9.17, 15) is 8.78 Å². The van der Waals surface area contributed by atoms with E-state index in [0.717, 1.165) is 17.4 Å². The Kier molecular flexibility index (Phi) is 8.64. The van der Waals surface area contributed by atoms with Crippen LogP contribution in [0.25, 0.3) is 0 Å². The molecule has 1 heterocycles. The zero-order valence-electron chi connectivity index (χ0n) is 16.3. The van der Waals surface area contributed by atoms with Gasteiger partial charge in [-0.3, -0.25) is 4.99 Å². The van der Waals surface area contributed by atoms with Gasteiger partial charge in [-0.15, -0.1) is 24.0 Å². The van der Waals surface area contributed by atoms with E-state index < -0.39 is 11.6 Å². The highest BCUT2D eigenvalue weighted by Crippen LogP contribution is 2.22. The van der Waals surface area contributed by atoms with Gasteiger partial charge in [0, 0.05) is 19.0 Å². The standard InChI is InChI=1S/C19H26F2N4O.HI/c1-12(13-6-7-14(20)15(21)8-13)9-24-18(22-5)25-11-17-23-10-16(26-17)19(2,3)4;/h6-8,10,12H,9,11H2,1-5H3,(H2,22,24,25);1H. The molecule has 0 saturated heterocycles. The van der Waals surface area contributed by atoms with Gasteiger partial charge in [-0.25, -0.2) is 13.8 Å². The number of nitrogens with zero attached hydrogens (tertiary/aromatic N) is 2. The maximum Gasteiger partial charge on any atom is 0.213 e. The van der Waals surface area contributed by atoms with Crippen molar-refractivity contribution < 1.29 is 13.2 Å². The molecule has 0 aliphatic heterocycles. The van der Waals surface area contributed by atoms with Gasteiger partial charge in [-0.2, -0.15) is 0 Å². The molecule has 2 N–H and O–H groups in total. The van der Waals surface area contributed by atoms with Crippen LogP contribution >= 0.6 is 24.0 Å². The van der Waals surface area contributed by atoms with Crippen LogP contribution in [0.5, 0.6) is 0 Å². The van der Waals surface area contributed by atoms with Crippen LogP contribution in [0.1, 0.15) is 50.8 Å². The molecule has 2 rings (SSSR count). The van der Waals surface area contributed by atoms with E-state index >= 15 is 0 Å². The summed E-state index contributed by atoms with van der Waals surface area (Å²) in [6.07, 6.45) is 1.73. The van der Waals surface area contributed by atoms with Gasteiger partial charge in [0.25, 0.3) is 0 Å². The van der Waals surface area contributed by atoms with Gasteiger partial charge in [0.2, 0.25) is 5.89 Å². The lowest BCUT2D eigenvalue weighted by atomic mass is 9.94. The fraction of sp³-hybridized carbons (Fsp3) is 0.474. The molecule has 5 nitrogen and oxygen atoms in total.